The number of thiazole rings is 1. The smallest absolute Gasteiger partial charge is 0.319 e. The predicted molar refractivity (Wildman–Crippen MR) is 157 cm³/mol. The van der Waals surface area contributed by atoms with E-state index < -0.39 is 10.0 Å². The van der Waals surface area contributed by atoms with Crippen LogP contribution in [0.1, 0.15) is 24.0 Å². The summed E-state index contributed by atoms with van der Waals surface area (Å²) in [5, 5.41) is 6.76. The highest BCUT2D eigenvalue weighted by Gasteiger charge is 2.29. The van der Waals surface area contributed by atoms with E-state index >= 15 is 0 Å². The van der Waals surface area contributed by atoms with Crippen molar-refractivity contribution in [2.24, 2.45) is 0 Å². The number of methoxy groups -OCH3 is 1. The van der Waals surface area contributed by atoms with Crippen molar-refractivity contribution in [2.45, 2.75) is 23.8 Å². The summed E-state index contributed by atoms with van der Waals surface area (Å²) in [4.78, 5) is 24.5. The van der Waals surface area contributed by atoms with Gasteiger partial charge in [-0.3, -0.25) is 4.79 Å². The normalized spacial score (nSPS) is 15.0. The lowest BCUT2D eigenvalue weighted by Gasteiger charge is -2.31. The molecule has 0 spiro atoms. The molecule has 2 aromatic carbocycles. The average molecular weight is 580 g/mol. The van der Waals surface area contributed by atoms with Crippen LogP contribution in [0.5, 0.6) is 0 Å². The number of nitrogen functional groups attached to an aromatic ring is 1. The molecule has 40 heavy (non-hydrogen) atoms. The minimum absolute atomic E-state index is 0.0760. The summed E-state index contributed by atoms with van der Waals surface area (Å²) < 4.78 is 33.4. The summed E-state index contributed by atoms with van der Waals surface area (Å²) in [6.07, 6.45) is 8.55. The Balaban J connectivity index is 1.15. The minimum atomic E-state index is -3.62. The molecule has 1 saturated heterocycles. The number of carbonyl (C=O) groups is 1. The van der Waals surface area contributed by atoms with Crippen LogP contribution >= 0.6 is 11.3 Å². The highest BCUT2D eigenvalue weighted by Crippen LogP contribution is 2.26. The molecule has 0 unspecified atom stereocenters. The van der Waals surface area contributed by atoms with E-state index in [1.165, 1.54) is 22.8 Å². The molecule has 5 rings (SSSR count). The number of nitrogens with one attached hydrogen (secondary N) is 2. The number of carbonyl (C=O) groups excluding carboxylic acids is 1. The SMILES string of the molecule is COC(=O)CNC1CCN(S(=O)(=O)c2ccc(Nc3ncc(C=Cc4ccc5nc(N)sc5c4)cn3)cc2)CC1. The summed E-state index contributed by atoms with van der Waals surface area (Å²) in [5.41, 5.74) is 9.19. The molecule has 4 N–H and O–H groups in total. The molecule has 1 aliphatic rings. The molecule has 0 atom stereocenters. The number of hydrogen-bond donors (Lipinski definition) is 3. The number of esters is 1. The largest absolute Gasteiger partial charge is 0.468 e. The Labute approximate surface area is 236 Å². The van der Waals surface area contributed by atoms with E-state index in [1.54, 1.807) is 36.7 Å². The molecule has 1 fully saturated rings. The van der Waals surface area contributed by atoms with Gasteiger partial charge >= 0.3 is 5.97 Å². The Kier molecular flexibility index (Phi) is 8.35. The predicted octanol–water partition coefficient (Wildman–Crippen LogP) is 3.50. The quantitative estimate of drug-likeness (QED) is 0.251. The van der Waals surface area contributed by atoms with Gasteiger partial charge in [0, 0.05) is 42.8 Å². The van der Waals surface area contributed by atoms with Gasteiger partial charge in [-0.05, 0) is 54.8 Å². The summed E-state index contributed by atoms with van der Waals surface area (Å²) in [6.45, 7) is 0.876. The van der Waals surface area contributed by atoms with Crippen molar-refractivity contribution >= 4 is 66.5 Å². The van der Waals surface area contributed by atoms with Gasteiger partial charge in [0.05, 0.1) is 28.8 Å². The van der Waals surface area contributed by atoms with Gasteiger partial charge in [-0.1, -0.05) is 29.6 Å². The fourth-order valence-electron chi connectivity index (χ4n) is 4.33. The molecular weight excluding hydrogens is 550 g/mol. The molecular formula is C27H29N7O4S2. The minimum Gasteiger partial charge on any atom is -0.468 e. The number of nitrogens with zero attached hydrogens (tertiary/aromatic N) is 4. The van der Waals surface area contributed by atoms with Crippen LogP contribution in [0.15, 0.2) is 59.8 Å². The van der Waals surface area contributed by atoms with Crippen LogP contribution in [0.2, 0.25) is 0 Å². The van der Waals surface area contributed by atoms with Crippen LogP contribution in [-0.2, 0) is 19.6 Å². The van der Waals surface area contributed by atoms with Crippen LogP contribution < -0.4 is 16.4 Å². The molecule has 4 aromatic rings. The molecule has 0 amide bonds. The number of hydrogen-bond acceptors (Lipinski definition) is 11. The van der Waals surface area contributed by atoms with E-state index in [4.69, 9.17) is 5.73 Å². The van der Waals surface area contributed by atoms with Gasteiger partial charge in [0.25, 0.3) is 0 Å². The van der Waals surface area contributed by atoms with Gasteiger partial charge in [-0.2, -0.15) is 4.31 Å². The standard InChI is InChI=1S/C27H29N7O4S2/c1-38-25(35)17-29-20-10-12-34(13-11-20)40(36,37)22-7-5-21(6-8-22)32-27-30-15-19(16-31-27)3-2-18-4-9-23-24(14-18)39-26(28)33-23/h2-9,14-16,20,29H,10-13,17H2,1H3,(H2,28,33)(H,30,31,32). The van der Waals surface area contributed by atoms with Crippen molar-refractivity contribution < 1.29 is 17.9 Å². The average Bonchev–Trinajstić information content (AvgIpc) is 3.35. The number of rotatable bonds is 9. The second kappa shape index (κ2) is 12.1. The first kappa shape index (κ1) is 27.6. The zero-order chi connectivity index (χ0) is 28.1. The molecule has 1 aliphatic heterocycles. The Morgan fingerprint density at radius 3 is 2.50 bits per heavy atom. The van der Waals surface area contributed by atoms with Crippen LogP contribution in [-0.4, -0.2) is 66.4 Å². The van der Waals surface area contributed by atoms with Crippen LogP contribution in [0, 0.1) is 0 Å². The van der Waals surface area contributed by atoms with Crippen molar-refractivity contribution in [3.05, 3.63) is 66.0 Å². The third-order valence-electron chi connectivity index (χ3n) is 6.53. The van der Waals surface area contributed by atoms with Gasteiger partial charge in [-0.15, -0.1) is 0 Å². The van der Waals surface area contributed by atoms with Gasteiger partial charge in [0.15, 0.2) is 5.13 Å². The van der Waals surface area contributed by atoms with Crippen molar-refractivity contribution in [2.75, 3.05) is 37.8 Å². The number of fused-ring (bicyclic) bond motifs is 1. The van der Waals surface area contributed by atoms with E-state index in [0.717, 1.165) is 21.3 Å². The van der Waals surface area contributed by atoms with Gasteiger partial charge in [0.2, 0.25) is 16.0 Å². The van der Waals surface area contributed by atoms with E-state index in [0.29, 0.717) is 42.7 Å². The van der Waals surface area contributed by atoms with Crippen molar-refractivity contribution in [1.29, 1.82) is 0 Å². The van der Waals surface area contributed by atoms with E-state index in [1.807, 2.05) is 30.4 Å². The fraction of sp³-hybridized carbons (Fsp3) is 0.259. The monoisotopic (exact) mass is 579 g/mol. The van der Waals surface area contributed by atoms with Crippen molar-refractivity contribution in [3.8, 4) is 0 Å². The second-order valence-electron chi connectivity index (χ2n) is 9.24. The second-order valence-corrected chi connectivity index (χ2v) is 12.2. The number of sulfonamides is 1. The van der Waals surface area contributed by atoms with Gasteiger partial charge in [-0.25, -0.2) is 23.4 Å². The fourth-order valence-corrected chi connectivity index (χ4v) is 6.58. The molecule has 13 heteroatoms. The Bertz CT molecular complexity index is 1610. The van der Waals surface area contributed by atoms with Gasteiger partial charge in [0.1, 0.15) is 0 Å². The Morgan fingerprint density at radius 2 is 1.80 bits per heavy atom. The molecule has 2 aromatic heterocycles. The zero-order valence-corrected chi connectivity index (χ0v) is 23.4. The number of nitrogens with two attached hydrogens (primary N) is 1. The maximum absolute atomic E-state index is 13.1. The first-order chi connectivity index (χ1) is 19.3. The molecule has 0 radical (unpaired) electrons. The van der Waals surface area contributed by atoms with Gasteiger partial charge < -0.3 is 21.1 Å². The van der Waals surface area contributed by atoms with Crippen LogP contribution in [0.25, 0.3) is 22.4 Å². The third-order valence-corrected chi connectivity index (χ3v) is 9.29. The maximum atomic E-state index is 13.1. The lowest BCUT2D eigenvalue weighted by atomic mass is 10.1. The first-order valence-corrected chi connectivity index (χ1v) is 14.9. The third kappa shape index (κ3) is 6.62. The summed E-state index contributed by atoms with van der Waals surface area (Å²) in [5.74, 6) is 0.0605. The van der Waals surface area contributed by atoms with Crippen molar-refractivity contribution in [1.82, 2.24) is 24.6 Å². The van der Waals surface area contributed by atoms with E-state index in [-0.39, 0.29) is 23.5 Å². The van der Waals surface area contributed by atoms with Crippen LogP contribution in [0.3, 0.4) is 0 Å². The molecule has 208 valence electrons. The molecule has 0 aliphatic carbocycles. The van der Waals surface area contributed by atoms with Crippen LogP contribution in [0.4, 0.5) is 16.8 Å². The topological polar surface area (TPSA) is 152 Å². The zero-order valence-electron chi connectivity index (χ0n) is 21.8. The molecule has 0 bridgehead atoms. The number of anilines is 3. The highest BCUT2D eigenvalue weighted by molar-refractivity contribution is 7.89. The Hall–Kier alpha value is -3.91. The number of aromatic nitrogens is 3. The number of piperidine rings is 1. The summed E-state index contributed by atoms with van der Waals surface area (Å²) in [7, 11) is -2.28. The lowest BCUT2D eigenvalue weighted by Crippen LogP contribution is -2.46. The summed E-state index contributed by atoms with van der Waals surface area (Å²) in [6, 6.07) is 12.6. The molecule has 11 nitrogen and oxygen atoms in total. The first-order valence-electron chi connectivity index (χ1n) is 12.6. The van der Waals surface area contributed by atoms with E-state index in [2.05, 4.69) is 30.3 Å². The maximum Gasteiger partial charge on any atom is 0.319 e. The van der Waals surface area contributed by atoms with E-state index in [9.17, 15) is 13.2 Å². The van der Waals surface area contributed by atoms with Crippen molar-refractivity contribution in [3.63, 3.8) is 0 Å². The summed E-state index contributed by atoms with van der Waals surface area (Å²) >= 11 is 1.45. The highest BCUT2D eigenvalue weighted by atomic mass is 32.2. The Morgan fingerprint density at radius 1 is 1.10 bits per heavy atom. The number of ether oxygens (including phenoxy) is 1. The number of benzene rings is 2. The molecule has 3 heterocycles. The lowest BCUT2D eigenvalue weighted by molar-refractivity contribution is -0.139. The molecule has 0 saturated carbocycles.